The number of amides is 3. The average molecular weight is 290 g/mol. The quantitative estimate of drug-likeness (QED) is 0.856. The Kier molecular flexibility index (Phi) is 4.67. The predicted molar refractivity (Wildman–Crippen MR) is 82.3 cm³/mol. The fourth-order valence-electron chi connectivity index (χ4n) is 2.55. The van der Waals surface area contributed by atoms with Crippen molar-refractivity contribution in [2.45, 2.75) is 13.8 Å². The van der Waals surface area contributed by atoms with Crippen molar-refractivity contribution in [2.24, 2.45) is 5.73 Å². The Bertz CT molecular complexity index is 536. The van der Waals surface area contributed by atoms with Gasteiger partial charge in [-0.25, -0.2) is 4.79 Å². The second-order valence-corrected chi connectivity index (χ2v) is 5.30. The van der Waals surface area contributed by atoms with Gasteiger partial charge in [-0.05, 0) is 31.0 Å². The third-order valence-corrected chi connectivity index (χ3v) is 3.96. The molecule has 1 saturated heterocycles. The molecule has 114 valence electrons. The van der Waals surface area contributed by atoms with Gasteiger partial charge in [0.25, 0.3) is 0 Å². The van der Waals surface area contributed by atoms with Crippen molar-refractivity contribution in [1.29, 1.82) is 0 Å². The van der Waals surface area contributed by atoms with Gasteiger partial charge in [0.05, 0.1) is 6.54 Å². The molecule has 2 rings (SSSR count). The molecule has 1 aliphatic rings. The lowest BCUT2D eigenvalue weighted by Gasteiger charge is -2.37. The van der Waals surface area contributed by atoms with E-state index in [-0.39, 0.29) is 12.5 Å². The van der Waals surface area contributed by atoms with Gasteiger partial charge in [0.15, 0.2) is 0 Å². The van der Waals surface area contributed by atoms with Crippen LogP contribution in [0, 0.1) is 13.8 Å². The maximum Gasteiger partial charge on any atom is 0.312 e. The summed E-state index contributed by atoms with van der Waals surface area (Å²) in [6, 6.07) is 5.62. The van der Waals surface area contributed by atoms with Gasteiger partial charge in [-0.2, -0.15) is 0 Å². The number of piperazine rings is 1. The number of anilines is 1. The molecule has 0 aromatic heterocycles. The molecule has 0 aliphatic carbocycles. The third-order valence-electron chi connectivity index (χ3n) is 3.96. The number of urea groups is 1. The van der Waals surface area contributed by atoms with Gasteiger partial charge in [-0.3, -0.25) is 4.79 Å². The van der Waals surface area contributed by atoms with Gasteiger partial charge in [-0.1, -0.05) is 12.1 Å². The minimum Gasteiger partial charge on any atom is -0.368 e. The van der Waals surface area contributed by atoms with Crippen molar-refractivity contribution < 1.29 is 9.59 Å². The Hall–Kier alpha value is -2.24. The second-order valence-electron chi connectivity index (χ2n) is 5.30. The molecule has 3 N–H and O–H groups in total. The highest BCUT2D eigenvalue weighted by Crippen LogP contribution is 2.23. The Balaban J connectivity index is 1.92. The molecule has 0 saturated carbocycles. The van der Waals surface area contributed by atoms with E-state index < -0.39 is 6.03 Å². The molecule has 1 aromatic carbocycles. The number of hydrogen-bond acceptors (Lipinski definition) is 3. The summed E-state index contributed by atoms with van der Waals surface area (Å²) in [7, 11) is 0. The Morgan fingerprint density at radius 3 is 2.48 bits per heavy atom. The van der Waals surface area contributed by atoms with Crippen LogP contribution in [0.4, 0.5) is 10.5 Å². The molecule has 0 bridgehead atoms. The molecule has 1 aliphatic heterocycles. The van der Waals surface area contributed by atoms with Gasteiger partial charge in [-0.15, -0.1) is 0 Å². The molecule has 1 aromatic rings. The molecular formula is C15H22N4O2. The fourth-order valence-corrected chi connectivity index (χ4v) is 2.55. The van der Waals surface area contributed by atoms with E-state index in [2.05, 4.69) is 42.3 Å². The van der Waals surface area contributed by atoms with Crippen LogP contribution in [-0.4, -0.2) is 49.6 Å². The van der Waals surface area contributed by atoms with Crippen molar-refractivity contribution in [3.05, 3.63) is 29.3 Å². The SMILES string of the molecule is Cc1cccc(N2CCN(C(=O)CNC(N)=O)CC2)c1C. The molecular weight excluding hydrogens is 268 g/mol. The number of nitrogens with two attached hydrogens (primary N) is 1. The first kappa shape index (κ1) is 15.2. The zero-order valence-corrected chi connectivity index (χ0v) is 12.6. The number of hydrogen-bond donors (Lipinski definition) is 2. The molecule has 0 unspecified atom stereocenters. The lowest BCUT2D eigenvalue weighted by Crippen LogP contribution is -2.51. The number of nitrogens with zero attached hydrogens (tertiary/aromatic N) is 2. The number of rotatable bonds is 3. The van der Waals surface area contributed by atoms with Crippen molar-refractivity contribution in [2.75, 3.05) is 37.6 Å². The van der Waals surface area contributed by atoms with E-state index in [0.717, 1.165) is 13.1 Å². The van der Waals surface area contributed by atoms with Crippen LogP contribution in [0.1, 0.15) is 11.1 Å². The molecule has 1 fully saturated rings. The highest BCUT2D eigenvalue weighted by Gasteiger charge is 2.22. The van der Waals surface area contributed by atoms with Crippen LogP contribution in [0.2, 0.25) is 0 Å². The van der Waals surface area contributed by atoms with E-state index in [0.29, 0.717) is 13.1 Å². The van der Waals surface area contributed by atoms with Crippen molar-refractivity contribution in [1.82, 2.24) is 10.2 Å². The summed E-state index contributed by atoms with van der Waals surface area (Å²) in [5.41, 5.74) is 8.76. The predicted octanol–water partition coefficient (Wildman–Crippen LogP) is 0.620. The Labute approximate surface area is 124 Å². The molecule has 0 atom stereocenters. The number of aryl methyl sites for hydroxylation is 1. The zero-order valence-electron chi connectivity index (χ0n) is 12.6. The summed E-state index contributed by atoms with van der Waals surface area (Å²) in [6.07, 6.45) is 0. The van der Waals surface area contributed by atoms with Crippen molar-refractivity contribution in [3.63, 3.8) is 0 Å². The minimum atomic E-state index is -0.669. The highest BCUT2D eigenvalue weighted by molar-refractivity contribution is 5.83. The summed E-state index contributed by atoms with van der Waals surface area (Å²) in [5.74, 6) is -0.0885. The third kappa shape index (κ3) is 3.65. The van der Waals surface area contributed by atoms with Gasteiger partial charge in [0.1, 0.15) is 0 Å². The fraction of sp³-hybridized carbons (Fsp3) is 0.467. The molecule has 6 heteroatoms. The zero-order chi connectivity index (χ0) is 15.4. The highest BCUT2D eigenvalue weighted by atomic mass is 16.2. The first-order valence-corrected chi connectivity index (χ1v) is 7.11. The summed E-state index contributed by atoms with van der Waals surface area (Å²) >= 11 is 0. The largest absolute Gasteiger partial charge is 0.368 e. The van der Waals surface area contributed by atoms with E-state index >= 15 is 0 Å². The van der Waals surface area contributed by atoms with Crippen LogP contribution in [0.3, 0.4) is 0 Å². The summed E-state index contributed by atoms with van der Waals surface area (Å²) in [4.78, 5) is 26.6. The Morgan fingerprint density at radius 1 is 1.19 bits per heavy atom. The van der Waals surface area contributed by atoms with E-state index in [1.807, 2.05) is 0 Å². The molecule has 0 radical (unpaired) electrons. The Morgan fingerprint density at radius 2 is 1.86 bits per heavy atom. The second kappa shape index (κ2) is 6.47. The van der Waals surface area contributed by atoms with E-state index in [4.69, 9.17) is 5.73 Å². The minimum absolute atomic E-state index is 0.0290. The maximum atomic E-state index is 11.9. The lowest BCUT2D eigenvalue weighted by atomic mass is 10.1. The molecule has 6 nitrogen and oxygen atoms in total. The van der Waals surface area contributed by atoms with Crippen LogP contribution in [0.25, 0.3) is 0 Å². The van der Waals surface area contributed by atoms with Crippen LogP contribution in [0.5, 0.6) is 0 Å². The average Bonchev–Trinajstić information content (AvgIpc) is 2.48. The van der Waals surface area contributed by atoms with Gasteiger partial charge in [0.2, 0.25) is 5.91 Å². The van der Waals surface area contributed by atoms with Crippen LogP contribution >= 0.6 is 0 Å². The number of primary amides is 1. The standard InChI is InChI=1S/C15H22N4O2/c1-11-4-3-5-13(12(11)2)18-6-8-19(9-7-18)14(20)10-17-15(16)21/h3-5H,6-10H2,1-2H3,(H3,16,17,21). The first-order valence-electron chi connectivity index (χ1n) is 7.11. The van der Waals surface area contributed by atoms with E-state index in [1.165, 1.54) is 16.8 Å². The smallest absolute Gasteiger partial charge is 0.312 e. The summed E-state index contributed by atoms with van der Waals surface area (Å²) in [5, 5.41) is 2.34. The first-order chi connectivity index (χ1) is 9.99. The van der Waals surface area contributed by atoms with Crippen LogP contribution < -0.4 is 16.0 Å². The number of carbonyl (C=O) groups excluding carboxylic acids is 2. The monoisotopic (exact) mass is 290 g/mol. The van der Waals surface area contributed by atoms with Crippen LogP contribution in [0.15, 0.2) is 18.2 Å². The maximum absolute atomic E-state index is 11.9. The number of carbonyl (C=O) groups is 2. The number of benzene rings is 1. The summed E-state index contributed by atoms with van der Waals surface area (Å²) in [6.45, 7) is 7.12. The normalized spacial score (nSPS) is 15.0. The molecule has 0 spiro atoms. The van der Waals surface area contributed by atoms with Crippen molar-refractivity contribution in [3.8, 4) is 0 Å². The lowest BCUT2D eigenvalue weighted by molar-refractivity contribution is -0.130. The summed E-state index contributed by atoms with van der Waals surface area (Å²) < 4.78 is 0. The van der Waals surface area contributed by atoms with Crippen molar-refractivity contribution >= 4 is 17.6 Å². The van der Waals surface area contributed by atoms with Gasteiger partial charge >= 0.3 is 6.03 Å². The van der Waals surface area contributed by atoms with E-state index in [1.54, 1.807) is 4.90 Å². The van der Waals surface area contributed by atoms with Gasteiger partial charge < -0.3 is 20.9 Å². The van der Waals surface area contributed by atoms with Crippen LogP contribution in [-0.2, 0) is 4.79 Å². The van der Waals surface area contributed by atoms with E-state index in [9.17, 15) is 9.59 Å². The molecule has 21 heavy (non-hydrogen) atoms. The number of nitrogens with one attached hydrogen (secondary N) is 1. The van der Waals surface area contributed by atoms with Gasteiger partial charge in [0, 0.05) is 31.9 Å². The topological polar surface area (TPSA) is 78.7 Å². The molecule has 3 amide bonds. The molecule has 1 heterocycles.